The number of amides is 1. The van der Waals surface area contributed by atoms with Crippen molar-refractivity contribution in [3.8, 4) is 0 Å². The van der Waals surface area contributed by atoms with Crippen LogP contribution in [0.5, 0.6) is 0 Å². The Kier molecular flexibility index (Phi) is 74.8. The van der Waals surface area contributed by atoms with E-state index in [1.54, 1.807) is 6.08 Å². The van der Waals surface area contributed by atoms with E-state index in [9.17, 15) is 19.8 Å². The van der Waals surface area contributed by atoms with Gasteiger partial charge in [-0.25, -0.2) is 0 Å². The van der Waals surface area contributed by atoms with Gasteiger partial charge in [-0.05, 0) is 64.2 Å². The summed E-state index contributed by atoms with van der Waals surface area (Å²) in [5.41, 5.74) is 0. The highest BCUT2D eigenvalue weighted by Crippen LogP contribution is 2.20. The predicted octanol–water partition coefficient (Wildman–Crippen LogP) is 26.2. The van der Waals surface area contributed by atoms with Crippen LogP contribution in [0.3, 0.4) is 0 Å². The minimum Gasteiger partial charge on any atom is -0.466 e. The van der Waals surface area contributed by atoms with Crippen LogP contribution in [0.2, 0.25) is 0 Å². The molecular weight excluding hydrogens is 1070 g/mol. The maximum Gasteiger partial charge on any atom is 0.305 e. The van der Waals surface area contributed by atoms with Gasteiger partial charge in [-0.1, -0.05) is 403 Å². The summed E-state index contributed by atoms with van der Waals surface area (Å²) in [4.78, 5) is 24.6. The molecule has 0 heterocycles. The van der Waals surface area contributed by atoms with Crippen molar-refractivity contribution in [1.29, 1.82) is 0 Å². The molecule has 0 aromatic heterocycles. The monoisotopic (exact) mass is 1220 g/mol. The lowest BCUT2D eigenvalue weighted by Gasteiger charge is -2.20. The molecule has 0 fully saturated rings. The van der Waals surface area contributed by atoms with Crippen molar-refractivity contribution >= 4 is 11.9 Å². The van der Waals surface area contributed by atoms with Gasteiger partial charge in [0.1, 0.15) is 0 Å². The smallest absolute Gasteiger partial charge is 0.305 e. The highest BCUT2D eigenvalue weighted by Gasteiger charge is 2.18. The van der Waals surface area contributed by atoms with Crippen LogP contribution in [0.1, 0.15) is 444 Å². The molecule has 0 aromatic carbocycles. The molecule has 1 amide bonds. The van der Waals surface area contributed by atoms with Gasteiger partial charge in [0.2, 0.25) is 5.91 Å². The molecule has 87 heavy (non-hydrogen) atoms. The van der Waals surface area contributed by atoms with Gasteiger partial charge in [-0.2, -0.15) is 0 Å². The average Bonchev–Trinajstić information content (AvgIpc) is 3.53. The summed E-state index contributed by atoms with van der Waals surface area (Å²) in [6.07, 6.45) is 99.9. The van der Waals surface area contributed by atoms with E-state index >= 15 is 0 Å². The molecule has 0 rings (SSSR count). The van der Waals surface area contributed by atoms with Crippen LogP contribution >= 0.6 is 0 Å². The molecule has 0 aliphatic rings. The highest BCUT2D eigenvalue weighted by atomic mass is 16.5. The van der Waals surface area contributed by atoms with Crippen LogP contribution in [-0.2, 0) is 14.3 Å². The van der Waals surface area contributed by atoms with Gasteiger partial charge in [0, 0.05) is 12.8 Å². The number of aliphatic hydroxyl groups excluding tert-OH is 2. The molecule has 0 radical (unpaired) electrons. The number of nitrogens with one attached hydrogen (secondary N) is 1. The van der Waals surface area contributed by atoms with E-state index in [1.807, 2.05) is 6.08 Å². The van der Waals surface area contributed by atoms with E-state index in [-0.39, 0.29) is 18.5 Å². The summed E-state index contributed by atoms with van der Waals surface area (Å²) in [5.74, 6) is -0.0485. The zero-order valence-corrected chi connectivity index (χ0v) is 59.0. The fourth-order valence-corrected chi connectivity index (χ4v) is 12.6. The number of ether oxygens (including phenoxy) is 1. The fourth-order valence-electron chi connectivity index (χ4n) is 12.6. The van der Waals surface area contributed by atoms with Crippen molar-refractivity contribution in [3.05, 3.63) is 36.5 Å². The molecule has 0 saturated heterocycles. The van der Waals surface area contributed by atoms with E-state index in [0.717, 1.165) is 51.4 Å². The molecule has 514 valence electrons. The van der Waals surface area contributed by atoms with E-state index in [1.165, 1.54) is 366 Å². The molecule has 2 atom stereocenters. The van der Waals surface area contributed by atoms with Crippen LogP contribution < -0.4 is 5.32 Å². The Morgan fingerprint density at radius 3 is 0.885 bits per heavy atom. The molecule has 6 nitrogen and oxygen atoms in total. The largest absolute Gasteiger partial charge is 0.466 e. The number of rotatable bonds is 75. The minimum atomic E-state index is -0.841. The molecule has 0 aliphatic heterocycles. The molecule has 0 saturated carbocycles. The standard InChI is InChI=1S/C81H155NO5/c1-3-5-7-9-11-13-15-17-19-42-45-49-53-57-61-65-69-73-79(84)78(77-83)82-80(85)74-70-66-62-58-54-50-46-43-40-38-36-34-32-30-28-26-24-22-21-23-25-27-29-31-33-35-37-39-41-44-48-52-56-60-64-68-72-76-87-81(86)75-71-67-63-59-55-51-47-20-18-16-14-12-10-8-6-4-2/h14,16,20,47,69,73,78-79,83-84H,3-13,15,17-19,21-46,48-68,70-72,74-77H2,1-2H3,(H,82,85)/b16-14-,47-20-,73-69+. The number of carbonyl (C=O) groups is 2. The maximum atomic E-state index is 12.5. The van der Waals surface area contributed by atoms with Crippen LogP contribution in [-0.4, -0.2) is 47.4 Å². The lowest BCUT2D eigenvalue weighted by Crippen LogP contribution is -2.45. The molecule has 0 aliphatic carbocycles. The lowest BCUT2D eigenvalue weighted by atomic mass is 10.0. The van der Waals surface area contributed by atoms with Crippen molar-refractivity contribution in [1.82, 2.24) is 5.32 Å². The Bertz CT molecular complexity index is 1410. The van der Waals surface area contributed by atoms with Gasteiger partial charge in [0.25, 0.3) is 0 Å². The molecular formula is C81H155NO5. The van der Waals surface area contributed by atoms with Crippen molar-refractivity contribution < 1.29 is 24.5 Å². The van der Waals surface area contributed by atoms with E-state index in [2.05, 4.69) is 43.5 Å². The third-order valence-corrected chi connectivity index (χ3v) is 18.7. The first kappa shape index (κ1) is 85.1. The van der Waals surface area contributed by atoms with E-state index < -0.39 is 12.1 Å². The third-order valence-electron chi connectivity index (χ3n) is 18.7. The summed E-state index contributed by atoms with van der Waals surface area (Å²) in [7, 11) is 0. The quantitative estimate of drug-likeness (QED) is 0.0320. The summed E-state index contributed by atoms with van der Waals surface area (Å²) < 4.78 is 5.50. The molecule has 2 unspecified atom stereocenters. The number of esters is 1. The first-order valence-electron chi connectivity index (χ1n) is 39.8. The van der Waals surface area contributed by atoms with Gasteiger partial charge in [0.15, 0.2) is 0 Å². The predicted molar refractivity (Wildman–Crippen MR) is 384 cm³/mol. The zero-order chi connectivity index (χ0) is 62.8. The van der Waals surface area contributed by atoms with E-state index in [4.69, 9.17) is 4.74 Å². The average molecular weight is 1220 g/mol. The number of carbonyl (C=O) groups excluding carboxylic acids is 2. The summed E-state index contributed by atoms with van der Waals surface area (Å²) in [6, 6.07) is -0.624. The van der Waals surface area contributed by atoms with Crippen LogP contribution in [0.4, 0.5) is 0 Å². The van der Waals surface area contributed by atoms with Crippen LogP contribution in [0.25, 0.3) is 0 Å². The minimum absolute atomic E-state index is 0.0102. The SMILES string of the molecule is CCCCCC/C=C\C/C=C\CCCCCCCC(=O)OCCCCCCCCCCCCCCCCCCCCCCCCCCCCCCCCCCCCCCCC(=O)NC(CO)C(O)/C=C/CCCCCCCCCCCCCCCCC. The van der Waals surface area contributed by atoms with Crippen molar-refractivity contribution in [2.45, 2.75) is 456 Å². The van der Waals surface area contributed by atoms with Crippen LogP contribution in [0.15, 0.2) is 36.5 Å². The third kappa shape index (κ3) is 73.0. The van der Waals surface area contributed by atoms with Gasteiger partial charge in [-0.15, -0.1) is 0 Å². The van der Waals surface area contributed by atoms with E-state index in [0.29, 0.717) is 19.4 Å². The second kappa shape index (κ2) is 76.5. The number of hydrogen-bond donors (Lipinski definition) is 3. The lowest BCUT2D eigenvalue weighted by molar-refractivity contribution is -0.143. The zero-order valence-electron chi connectivity index (χ0n) is 59.0. The normalized spacial score (nSPS) is 12.6. The van der Waals surface area contributed by atoms with Crippen molar-refractivity contribution in [2.75, 3.05) is 13.2 Å². The Hall–Kier alpha value is -1.92. The second-order valence-electron chi connectivity index (χ2n) is 27.4. The Morgan fingerprint density at radius 1 is 0.322 bits per heavy atom. The van der Waals surface area contributed by atoms with Gasteiger partial charge < -0.3 is 20.3 Å². The number of aliphatic hydroxyl groups is 2. The Labute approximate surface area is 544 Å². The molecule has 6 heteroatoms. The maximum absolute atomic E-state index is 12.5. The van der Waals surface area contributed by atoms with Gasteiger partial charge >= 0.3 is 5.97 Å². The van der Waals surface area contributed by atoms with Crippen molar-refractivity contribution in [2.24, 2.45) is 0 Å². The van der Waals surface area contributed by atoms with Crippen molar-refractivity contribution in [3.63, 3.8) is 0 Å². The Balaban J connectivity index is 3.32. The molecule has 0 spiro atoms. The highest BCUT2D eigenvalue weighted by molar-refractivity contribution is 5.76. The van der Waals surface area contributed by atoms with Crippen LogP contribution in [0, 0.1) is 0 Å². The first-order chi connectivity index (χ1) is 43.0. The molecule has 3 N–H and O–H groups in total. The summed E-state index contributed by atoms with van der Waals surface area (Å²) in [6.45, 7) is 4.92. The van der Waals surface area contributed by atoms with Gasteiger partial charge in [-0.3, -0.25) is 9.59 Å². The molecule has 0 aromatic rings. The topological polar surface area (TPSA) is 95.9 Å². The summed E-state index contributed by atoms with van der Waals surface area (Å²) in [5, 5.41) is 23.2. The number of unbranched alkanes of at least 4 members (excludes halogenated alkanes) is 60. The number of allylic oxidation sites excluding steroid dienone is 5. The first-order valence-corrected chi connectivity index (χ1v) is 39.8. The Morgan fingerprint density at radius 2 is 0.575 bits per heavy atom. The second-order valence-corrected chi connectivity index (χ2v) is 27.4. The number of hydrogen-bond acceptors (Lipinski definition) is 5. The molecule has 0 bridgehead atoms. The van der Waals surface area contributed by atoms with Gasteiger partial charge in [0.05, 0.1) is 25.4 Å². The summed E-state index contributed by atoms with van der Waals surface area (Å²) >= 11 is 0. The fraction of sp³-hybridized carbons (Fsp3) is 0.901.